The highest BCUT2D eigenvalue weighted by Gasteiger charge is 2.18. The molecule has 0 aliphatic carbocycles. The molecule has 2 aromatic rings. The summed E-state index contributed by atoms with van der Waals surface area (Å²) in [5.41, 5.74) is 1.88. The molecule has 0 heterocycles. The molecule has 2 nitrogen and oxygen atoms in total. The van der Waals surface area contributed by atoms with Crippen LogP contribution in [0.1, 0.15) is 24.8 Å². The number of halogens is 1. The van der Waals surface area contributed by atoms with E-state index >= 15 is 0 Å². The Morgan fingerprint density at radius 3 is 2.32 bits per heavy atom. The minimum atomic E-state index is -0.107. The third-order valence-corrected chi connectivity index (χ3v) is 3.57. The standard InChI is InChI=1S/C16H16BrNO/c1-2-15(12-6-4-3-5-7-12)16(19)18-14-10-8-13(17)9-11-14/h3-11,15H,2H2,1H3,(H,18,19)/t15-/m1/s1. The Hall–Kier alpha value is -1.61. The van der Waals surface area contributed by atoms with Crippen LogP contribution >= 0.6 is 15.9 Å². The predicted octanol–water partition coefficient (Wildman–Crippen LogP) is 4.58. The number of hydrogen-bond acceptors (Lipinski definition) is 1. The molecule has 0 saturated heterocycles. The molecule has 0 aromatic heterocycles. The largest absolute Gasteiger partial charge is 0.326 e. The van der Waals surface area contributed by atoms with Crippen molar-refractivity contribution >= 4 is 27.5 Å². The zero-order valence-corrected chi connectivity index (χ0v) is 12.4. The van der Waals surface area contributed by atoms with Crippen LogP contribution in [0.15, 0.2) is 59.1 Å². The van der Waals surface area contributed by atoms with E-state index in [0.29, 0.717) is 0 Å². The fourth-order valence-electron chi connectivity index (χ4n) is 2.02. The van der Waals surface area contributed by atoms with Crippen LogP contribution in [0.25, 0.3) is 0 Å². The highest BCUT2D eigenvalue weighted by atomic mass is 79.9. The number of benzene rings is 2. The zero-order valence-electron chi connectivity index (χ0n) is 10.8. The number of carbonyl (C=O) groups is 1. The van der Waals surface area contributed by atoms with Gasteiger partial charge < -0.3 is 5.32 Å². The number of rotatable bonds is 4. The first-order valence-electron chi connectivity index (χ1n) is 6.32. The molecule has 0 saturated carbocycles. The van der Waals surface area contributed by atoms with Gasteiger partial charge in [0.05, 0.1) is 5.92 Å². The minimum Gasteiger partial charge on any atom is -0.326 e. The molecule has 0 bridgehead atoms. The van der Waals surface area contributed by atoms with Crippen LogP contribution in [0.5, 0.6) is 0 Å². The Morgan fingerprint density at radius 2 is 1.74 bits per heavy atom. The second-order valence-electron chi connectivity index (χ2n) is 4.37. The SMILES string of the molecule is CC[C@@H](C(=O)Nc1ccc(Br)cc1)c1ccccc1. The van der Waals surface area contributed by atoms with Crippen molar-refractivity contribution in [3.8, 4) is 0 Å². The van der Waals surface area contributed by atoms with E-state index in [0.717, 1.165) is 22.1 Å². The fourth-order valence-corrected chi connectivity index (χ4v) is 2.28. The van der Waals surface area contributed by atoms with Crippen LogP contribution in [0.4, 0.5) is 5.69 Å². The molecule has 0 spiro atoms. The number of nitrogens with one attached hydrogen (secondary N) is 1. The molecule has 1 N–H and O–H groups in total. The van der Waals surface area contributed by atoms with Crippen LogP contribution in [0.2, 0.25) is 0 Å². The Labute approximate surface area is 122 Å². The monoisotopic (exact) mass is 317 g/mol. The van der Waals surface area contributed by atoms with Crippen molar-refractivity contribution in [2.45, 2.75) is 19.3 Å². The molecule has 1 amide bonds. The first-order chi connectivity index (χ1) is 9.20. The molecule has 0 radical (unpaired) electrons. The summed E-state index contributed by atoms with van der Waals surface area (Å²) in [5, 5.41) is 2.96. The summed E-state index contributed by atoms with van der Waals surface area (Å²) in [4.78, 5) is 12.3. The summed E-state index contributed by atoms with van der Waals surface area (Å²) in [5.74, 6) is -0.0686. The summed E-state index contributed by atoms with van der Waals surface area (Å²) in [6, 6.07) is 17.5. The lowest BCUT2D eigenvalue weighted by Gasteiger charge is -2.15. The van der Waals surface area contributed by atoms with E-state index in [1.165, 1.54) is 0 Å². The first kappa shape index (κ1) is 13.8. The number of carbonyl (C=O) groups excluding carboxylic acids is 1. The average Bonchev–Trinajstić information content (AvgIpc) is 2.43. The fraction of sp³-hybridized carbons (Fsp3) is 0.188. The summed E-state index contributed by atoms with van der Waals surface area (Å²) in [6.07, 6.45) is 0.784. The summed E-state index contributed by atoms with van der Waals surface area (Å²) in [6.45, 7) is 2.03. The quantitative estimate of drug-likeness (QED) is 0.878. The van der Waals surface area contributed by atoms with Gasteiger partial charge in [0.25, 0.3) is 0 Å². The Kier molecular flexibility index (Phi) is 4.74. The molecule has 19 heavy (non-hydrogen) atoms. The molecule has 0 aliphatic heterocycles. The molecule has 0 aliphatic rings. The van der Waals surface area contributed by atoms with Crippen LogP contribution in [0, 0.1) is 0 Å². The summed E-state index contributed by atoms with van der Waals surface area (Å²) < 4.78 is 1.00. The normalized spacial score (nSPS) is 11.9. The van der Waals surface area contributed by atoms with E-state index in [1.807, 2.05) is 61.5 Å². The highest BCUT2D eigenvalue weighted by Crippen LogP contribution is 2.22. The van der Waals surface area contributed by atoms with Gasteiger partial charge in [-0.1, -0.05) is 53.2 Å². The molecular formula is C16H16BrNO. The molecule has 0 fully saturated rings. The van der Waals surface area contributed by atoms with E-state index in [2.05, 4.69) is 21.2 Å². The van der Waals surface area contributed by atoms with Gasteiger partial charge >= 0.3 is 0 Å². The van der Waals surface area contributed by atoms with Crippen LogP contribution in [-0.2, 0) is 4.79 Å². The molecule has 3 heteroatoms. The maximum Gasteiger partial charge on any atom is 0.231 e. The lowest BCUT2D eigenvalue weighted by atomic mass is 9.95. The van der Waals surface area contributed by atoms with Crippen LogP contribution in [-0.4, -0.2) is 5.91 Å². The highest BCUT2D eigenvalue weighted by molar-refractivity contribution is 9.10. The van der Waals surface area contributed by atoms with Crippen LogP contribution < -0.4 is 5.32 Å². The van der Waals surface area contributed by atoms with E-state index in [4.69, 9.17) is 0 Å². The van der Waals surface area contributed by atoms with E-state index in [1.54, 1.807) is 0 Å². The minimum absolute atomic E-state index is 0.0380. The topological polar surface area (TPSA) is 29.1 Å². The number of hydrogen-bond donors (Lipinski definition) is 1. The predicted molar refractivity (Wildman–Crippen MR) is 82.2 cm³/mol. The molecule has 98 valence electrons. The van der Waals surface area contributed by atoms with Crippen LogP contribution in [0.3, 0.4) is 0 Å². The smallest absolute Gasteiger partial charge is 0.231 e. The van der Waals surface area contributed by atoms with E-state index in [-0.39, 0.29) is 11.8 Å². The Balaban J connectivity index is 2.11. The van der Waals surface area contributed by atoms with Crippen molar-refractivity contribution in [1.29, 1.82) is 0 Å². The number of anilines is 1. The molecule has 1 atom stereocenters. The summed E-state index contributed by atoms with van der Waals surface area (Å²) >= 11 is 3.38. The van der Waals surface area contributed by atoms with Gasteiger partial charge in [0.2, 0.25) is 5.91 Å². The molecule has 2 aromatic carbocycles. The maximum atomic E-state index is 12.3. The average molecular weight is 318 g/mol. The summed E-state index contributed by atoms with van der Waals surface area (Å²) in [7, 11) is 0. The van der Waals surface area contributed by atoms with E-state index in [9.17, 15) is 4.79 Å². The Bertz CT molecular complexity index is 536. The third-order valence-electron chi connectivity index (χ3n) is 3.04. The van der Waals surface area contributed by atoms with Gasteiger partial charge in [0, 0.05) is 10.2 Å². The second kappa shape index (κ2) is 6.53. The number of amides is 1. The van der Waals surface area contributed by atoms with Crippen molar-refractivity contribution < 1.29 is 4.79 Å². The zero-order chi connectivity index (χ0) is 13.7. The van der Waals surface area contributed by atoms with Crippen molar-refractivity contribution in [3.63, 3.8) is 0 Å². The Morgan fingerprint density at radius 1 is 1.11 bits per heavy atom. The van der Waals surface area contributed by atoms with Crippen molar-refractivity contribution in [2.24, 2.45) is 0 Å². The van der Waals surface area contributed by atoms with Crippen molar-refractivity contribution in [2.75, 3.05) is 5.32 Å². The van der Waals surface area contributed by atoms with Crippen molar-refractivity contribution in [3.05, 3.63) is 64.6 Å². The van der Waals surface area contributed by atoms with Gasteiger partial charge in [-0.05, 0) is 36.2 Å². The lowest BCUT2D eigenvalue weighted by molar-refractivity contribution is -0.117. The van der Waals surface area contributed by atoms with Gasteiger partial charge in [-0.3, -0.25) is 4.79 Å². The van der Waals surface area contributed by atoms with Gasteiger partial charge in [0.15, 0.2) is 0 Å². The van der Waals surface area contributed by atoms with Gasteiger partial charge in [0.1, 0.15) is 0 Å². The lowest BCUT2D eigenvalue weighted by Crippen LogP contribution is -2.20. The third kappa shape index (κ3) is 3.67. The maximum absolute atomic E-state index is 12.3. The first-order valence-corrected chi connectivity index (χ1v) is 7.11. The molecule has 0 unspecified atom stereocenters. The molecular weight excluding hydrogens is 302 g/mol. The second-order valence-corrected chi connectivity index (χ2v) is 5.28. The van der Waals surface area contributed by atoms with E-state index < -0.39 is 0 Å². The van der Waals surface area contributed by atoms with Gasteiger partial charge in [-0.25, -0.2) is 0 Å². The van der Waals surface area contributed by atoms with Gasteiger partial charge in [-0.2, -0.15) is 0 Å². The van der Waals surface area contributed by atoms with Gasteiger partial charge in [-0.15, -0.1) is 0 Å². The van der Waals surface area contributed by atoms with Crippen molar-refractivity contribution in [1.82, 2.24) is 0 Å². The molecule has 2 rings (SSSR count).